The number of aryl methyl sites for hydroxylation is 2. The third kappa shape index (κ3) is 2.70. The summed E-state index contributed by atoms with van der Waals surface area (Å²) in [6, 6.07) is 13.4. The monoisotopic (exact) mass is 243 g/mol. The number of nitrogens with one attached hydrogen (secondary N) is 1. The van der Waals surface area contributed by atoms with Crippen LogP contribution in [0.3, 0.4) is 0 Å². The normalized spacial score (nSPS) is 12.2. The molecule has 0 saturated heterocycles. The highest BCUT2D eigenvalue weighted by Crippen LogP contribution is 2.24. The molecule has 1 atom stereocenters. The van der Waals surface area contributed by atoms with Gasteiger partial charge < -0.3 is 5.32 Å². The minimum atomic E-state index is -0.207. The Hall–Kier alpha value is -1.83. The Morgan fingerprint density at radius 2 is 1.78 bits per heavy atom. The van der Waals surface area contributed by atoms with Crippen LogP contribution in [0, 0.1) is 19.7 Å². The lowest BCUT2D eigenvalue weighted by Crippen LogP contribution is -2.09. The van der Waals surface area contributed by atoms with Crippen molar-refractivity contribution in [3.05, 3.63) is 65.0 Å². The molecule has 0 aliphatic carbocycles. The van der Waals surface area contributed by atoms with Gasteiger partial charge in [-0.15, -0.1) is 0 Å². The van der Waals surface area contributed by atoms with Gasteiger partial charge in [0, 0.05) is 6.04 Å². The second-order valence-corrected chi connectivity index (χ2v) is 4.71. The van der Waals surface area contributed by atoms with E-state index >= 15 is 0 Å². The average molecular weight is 243 g/mol. The van der Waals surface area contributed by atoms with Gasteiger partial charge in [-0.1, -0.05) is 30.3 Å². The van der Waals surface area contributed by atoms with Crippen LogP contribution < -0.4 is 5.32 Å². The molecule has 0 aliphatic heterocycles. The number of hydrogen-bond acceptors (Lipinski definition) is 1. The van der Waals surface area contributed by atoms with Gasteiger partial charge in [-0.25, -0.2) is 4.39 Å². The van der Waals surface area contributed by atoms with E-state index in [1.807, 2.05) is 32.0 Å². The lowest BCUT2D eigenvalue weighted by Gasteiger charge is -2.18. The van der Waals surface area contributed by atoms with Gasteiger partial charge in [0.1, 0.15) is 5.82 Å². The van der Waals surface area contributed by atoms with Gasteiger partial charge in [-0.05, 0) is 49.6 Å². The van der Waals surface area contributed by atoms with E-state index in [2.05, 4.69) is 24.4 Å². The van der Waals surface area contributed by atoms with Crippen LogP contribution in [0.25, 0.3) is 0 Å². The Kier molecular flexibility index (Phi) is 3.66. The third-order valence-electron chi connectivity index (χ3n) is 3.15. The molecule has 1 nitrogen and oxygen atoms in total. The van der Waals surface area contributed by atoms with Gasteiger partial charge in [-0.3, -0.25) is 0 Å². The van der Waals surface area contributed by atoms with Crippen LogP contribution in [0.4, 0.5) is 10.1 Å². The number of halogens is 1. The fraction of sp³-hybridized carbons (Fsp3) is 0.250. The molecular weight excluding hydrogens is 225 g/mol. The van der Waals surface area contributed by atoms with Crippen molar-refractivity contribution in [3.8, 4) is 0 Å². The molecular formula is C16H18FN. The largest absolute Gasteiger partial charge is 0.376 e. The van der Waals surface area contributed by atoms with E-state index < -0.39 is 0 Å². The SMILES string of the molecule is Cc1ccc(F)c(NC(C)c2ccccc2C)c1. The Balaban J connectivity index is 2.24. The van der Waals surface area contributed by atoms with Crippen molar-refractivity contribution >= 4 is 5.69 Å². The maximum Gasteiger partial charge on any atom is 0.146 e. The Bertz CT molecular complexity index is 549. The van der Waals surface area contributed by atoms with Crippen LogP contribution in [-0.2, 0) is 0 Å². The molecule has 2 aromatic rings. The first-order chi connectivity index (χ1) is 8.58. The summed E-state index contributed by atoms with van der Waals surface area (Å²) in [6.07, 6.45) is 0. The van der Waals surface area contributed by atoms with Gasteiger partial charge in [0.15, 0.2) is 0 Å². The molecule has 0 aromatic heterocycles. The zero-order chi connectivity index (χ0) is 13.1. The predicted octanol–water partition coefficient (Wildman–Crippen LogP) is 4.62. The van der Waals surface area contributed by atoms with E-state index in [0.29, 0.717) is 5.69 Å². The third-order valence-corrected chi connectivity index (χ3v) is 3.15. The summed E-state index contributed by atoms with van der Waals surface area (Å²) in [5, 5.41) is 3.23. The quantitative estimate of drug-likeness (QED) is 0.829. The molecule has 2 heteroatoms. The number of anilines is 1. The van der Waals surface area contributed by atoms with Crippen molar-refractivity contribution in [2.24, 2.45) is 0 Å². The lowest BCUT2D eigenvalue weighted by molar-refractivity contribution is 0.627. The molecule has 2 rings (SSSR count). The van der Waals surface area contributed by atoms with Crippen molar-refractivity contribution in [2.45, 2.75) is 26.8 Å². The van der Waals surface area contributed by atoms with Crippen LogP contribution in [0.2, 0.25) is 0 Å². The average Bonchev–Trinajstić information content (AvgIpc) is 2.34. The number of rotatable bonds is 3. The fourth-order valence-corrected chi connectivity index (χ4v) is 2.13. The first kappa shape index (κ1) is 12.6. The second kappa shape index (κ2) is 5.21. The molecule has 0 heterocycles. The Morgan fingerprint density at radius 1 is 1.06 bits per heavy atom. The minimum absolute atomic E-state index is 0.0856. The molecule has 0 fully saturated rings. The van der Waals surface area contributed by atoms with Crippen molar-refractivity contribution in [1.29, 1.82) is 0 Å². The van der Waals surface area contributed by atoms with Gasteiger partial charge in [0.25, 0.3) is 0 Å². The summed E-state index contributed by atoms with van der Waals surface area (Å²) in [4.78, 5) is 0. The summed E-state index contributed by atoms with van der Waals surface area (Å²) >= 11 is 0. The summed E-state index contributed by atoms with van der Waals surface area (Å²) in [5.41, 5.74) is 4.02. The molecule has 0 saturated carbocycles. The highest BCUT2D eigenvalue weighted by molar-refractivity contribution is 5.49. The first-order valence-corrected chi connectivity index (χ1v) is 6.16. The smallest absolute Gasteiger partial charge is 0.146 e. The molecule has 94 valence electrons. The highest BCUT2D eigenvalue weighted by atomic mass is 19.1. The van der Waals surface area contributed by atoms with Gasteiger partial charge in [0.2, 0.25) is 0 Å². The number of hydrogen-bond donors (Lipinski definition) is 1. The van der Waals surface area contributed by atoms with Gasteiger partial charge >= 0.3 is 0 Å². The molecule has 0 aliphatic rings. The van der Waals surface area contributed by atoms with Gasteiger partial charge in [0.05, 0.1) is 5.69 Å². The molecule has 0 bridgehead atoms. The Labute approximate surface area is 108 Å². The van der Waals surface area contributed by atoms with E-state index in [1.165, 1.54) is 17.2 Å². The van der Waals surface area contributed by atoms with E-state index in [4.69, 9.17) is 0 Å². The molecule has 0 radical (unpaired) electrons. The second-order valence-electron chi connectivity index (χ2n) is 4.71. The molecule has 2 aromatic carbocycles. The topological polar surface area (TPSA) is 12.0 Å². The van der Waals surface area contributed by atoms with Crippen LogP contribution >= 0.6 is 0 Å². The van der Waals surface area contributed by atoms with Crippen molar-refractivity contribution in [1.82, 2.24) is 0 Å². The zero-order valence-corrected chi connectivity index (χ0v) is 11.0. The maximum atomic E-state index is 13.7. The van der Waals surface area contributed by atoms with Crippen molar-refractivity contribution < 1.29 is 4.39 Å². The predicted molar refractivity (Wildman–Crippen MR) is 74.4 cm³/mol. The zero-order valence-electron chi connectivity index (χ0n) is 11.0. The highest BCUT2D eigenvalue weighted by Gasteiger charge is 2.10. The standard InChI is InChI=1S/C16H18FN/c1-11-8-9-15(17)16(10-11)18-13(3)14-7-5-4-6-12(14)2/h4-10,13,18H,1-3H3. The van der Waals surface area contributed by atoms with Crippen LogP contribution in [-0.4, -0.2) is 0 Å². The van der Waals surface area contributed by atoms with Gasteiger partial charge in [-0.2, -0.15) is 0 Å². The van der Waals surface area contributed by atoms with Crippen molar-refractivity contribution in [3.63, 3.8) is 0 Å². The maximum absolute atomic E-state index is 13.7. The van der Waals surface area contributed by atoms with Crippen LogP contribution in [0.5, 0.6) is 0 Å². The lowest BCUT2D eigenvalue weighted by atomic mass is 10.0. The first-order valence-electron chi connectivity index (χ1n) is 6.16. The van der Waals surface area contributed by atoms with E-state index in [-0.39, 0.29) is 11.9 Å². The van der Waals surface area contributed by atoms with E-state index in [0.717, 1.165) is 5.56 Å². The fourth-order valence-electron chi connectivity index (χ4n) is 2.13. The molecule has 1 N–H and O–H groups in total. The summed E-state index contributed by atoms with van der Waals surface area (Å²) < 4.78 is 13.7. The van der Waals surface area contributed by atoms with E-state index in [9.17, 15) is 4.39 Å². The molecule has 0 spiro atoms. The minimum Gasteiger partial charge on any atom is -0.376 e. The molecule has 0 amide bonds. The summed E-state index contributed by atoms with van der Waals surface area (Å²) in [7, 11) is 0. The van der Waals surface area contributed by atoms with Crippen LogP contribution in [0.15, 0.2) is 42.5 Å². The van der Waals surface area contributed by atoms with E-state index in [1.54, 1.807) is 6.07 Å². The summed E-state index contributed by atoms with van der Waals surface area (Å²) in [6.45, 7) is 6.08. The summed E-state index contributed by atoms with van der Waals surface area (Å²) in [5.74, 6) is -0.207. The van der Waals surface area contributed by atoms with Crippen LogP contribution in [0.1, 0.15) is 29.7 Å². The van der Waals surface area contributed by atoms with Crippen molar-refractivity contribution in [2.75, 3.05) is 5.32 Å². The molecule has 18 heavy (non-hydrogen) atoms. The number of benzene rings is 2. The Morgan fingerprint density at radius 3 is 2.50 bits per heavy atom. The molecule has 1 unspecified atom stereocenters.